The van der Waals surface area contributed by atoms with E-state index in [1.165, 1.54) is 0 Å². The molecule has 0 spiro atoms. The molecule has 0 saturated heterocycles. The molecule has 106 valence electrons. The van der Waals surface area contributed by atoms with Gasteiger partial charge in [-0.3, -0.25) is 0 Å². The Labute approximate surface area is 121 Å². The van der Waals surface area contributed by atoms with Gasteiger partial charge in [0, 0.05) is 17.5 Å². The molecule has 1 aromatic rings. The highest BCUT2D eigenvalue weighted by molar-refractivity contribution is 5.86. The molecule has 1 rings (SSSR count). The first kappa shape index (κ1) is 17.7. The molecule has 3 nitrogen and oxygen atoms in total. The largest absolute Gasteiger partial charge is 0.462 e. The van der Waals surface area contributed by atoms with Crippen LogP contribution in [0.1, 0.15) is 31.9 Å². The van der Waals surface area contributed by atoms with Gasteiger partial charge in [-0.1, -0.05) is 30.8 Å². The summed E-state index contributed by atoms with van der Waals surface area (Å²) in [5.41, 5.74) is 8.33. The lowest BCUT2D eigenvalue weighted by Gasteiger charge is -2.22. The molecular formula is C15H22ClNO2. The van der Waals surface area contributed by atoms with E-state index >= 15 is 0 Å². The first-order valence-electron chi connectivity index (χ1n) is 6.02. The number of ether oxygens (including phenoxy) is 1. The molecule has 0 aliphatic carbocycles. The van der Waals surface area contributed by atoms with Gasteiger partial charge < -0.3 is 10.5 Å². The van der Waals surface area contributed by atoms with Gasteiger partial charge in [0.15, 0.2) is 0 Å². The van der Waals surface area contributed by atoms with E-state index in [2.05, 4.69) is 6.58 Å². The average molecular weight is 284 g/mol. The van der Waals surface area contributed by atoms with Gasteiger partial charge in [0.05, 0.1) is 6.61 Å². The molecule has 0 amide bonds. The fourth-order valence-corrected chi connectivity index (χ4v) is 1.74. The van der Waals surface area contributed by atoms with Crippen molar-refractivity contribution in [3.63, 3.8) is 0 Å². The van der Waals surface area contributed by atoms with E-state index in [9.17, 15) is 4.79 Å². The van der Waals surface area contributed by atoms with Crippen LogP contribution in [-0.2, 0) is 21.5 Å². The molecule has 2 N–H and O–H groups in total. The van der Waals surface area contributed by atoms with Crippen molar-refractivity contribution in [1.29, 1.82) is 0 Å². The van der Waals surface area contributed by atoms with Gasteiger partial charge in [0.2, 0.25) is 0 Å². The van der Waals surface area contributed by atoms with Crippen molar-refractivity contribution in [3.8, 4) is 0 Å². The predicted molar refractivity (Wildman–Crippen MR) is 80.4 cm³/mol. The minimum absolute atomic E-state index is 0. The number of esters is 1. The summed E-state index contributed by atoms with van der Waals surface area (Å²) in [6.07, 6.45) is 0.663. The van der Waals surface area contributed by atoms with Crippen molar-refractivity contribution >= 4 is 18.4 Å². The van der Waals surface area contributed by atoms with Crippen LogP contribution in [0.3, 0.4) is 0 Å². The number of halogens is 1. The van der Waals surface area contributed by atoms with Crippen LogP contribution in [0.15, 0.2) is 36.4 Å². The summed E-state index contributed by atoms with van der Waals surface area (Å²) < 4.78 is 5.10. The lowest BCUT2D eigenvalue weighted by Crippen LogP contribution is -2.30. The maximum absolute atomic E-state index is 11.3. The molecule has 0 heterocycles. The van der Waals surface area contributed by atoms with Crippen molar-refractivity contribution in [3.05, 3.63) is 47.5 Å². The molecule has 0 unspecified atom stereocenters. The predicted octanol–water partition coefficient (Wildman–Crippen LogP) is 2.96. The topological polar surface area (TPSA) is 52.3 Å². The zero-order chi connectivity index (χ0) is 13.8. The lowest BCUT2D eigenvalue weighted by atomic mass is 9.90. The van der Waals surface area contributed by atoms with E-state index in [0.29, 0.717) is 18.6 Å². The van der Waals surface area contributed by atoms with Gasteiger partial charge >= 0.3 is 5.97 Å². The molecule has 0 aromatic heterocycles. The Morgan fingerprint density at radius 2 is 1.95 bits per heavy atom. The number of benzene rings is 1. The second kappa shape index (κ2) is 7.31. The van der Waals surface area contributed by atoms with Gasteiger partial charge in [-0.15, -0.1) is 12.4 Å². The Morgan fingerprint density at radius 1 is 1.37 bits per heavy atom. The lowest BCUT2D eigenvalue weighted by molar-refractivity contribution is -0.138. The number of nitrogens with two attached hydrogens (primary N) is 1. The first-order chi connectivity index (χ1) is 8.32. The molecule has 0 saturated carbocycles. The van der Waals surface area contributed by atoms with Crippen LogP contribution in [-0.4, -0.2) is 12.6 Å². The van der Waals surface area contributed by atoms with Crippen LogP contribution in [0.25, 0.3) is 0 Å². The molecular weight excluding hydrogens is 262 g/mol. The highest BCUT2D eigenvalue weighted by Gasteiger charge is 2.17. The fraction of sp³-hybridized carbons (Fsp3) is 0.400. The van der Waals surface area contributed by atoms with E-state index in [0.717, 1.165) is 11.1 Å². The van der Waals surface area contributed by atoms with E-state index in [1.807, 2.05) is 38.1 Å². The summed E-state index contributed by atoms with van der Waals surface area (Å²) >= 11 is 0. The number of carbonyl (C=O) groups is 1. The van der Waals surface area contributed by atoms with Gasteiger partial charge in [0.25, 0.3) is 0 Å². The number of hydrogen-bond donors (Lipinski definition) is 1. The van der Waals surface area contributed by atoms with Crippen molar-refractivity contribution in [2.45, 2.75) is 32.7 Å². The summed E-state index contributed by atoms with van der Waals surface area (Å²) in [6, 6.07) is 7.95. The molecule has 0 radical (unpaired) electrons. The summed E-state index contributed by atoms with van der Waals surface area (Å²) in [6.45, 7) is 9.46. The summed E-state index contributed by atoms with van der Waals surface area (Å²) in [5.74, 6) is -0.348. The molecule has 0 fully saturated rings. The highest BCUT2D eigenvalue weighted by atomic mass is 35.5. The summed E-state index contributed by atoms with van der Waals surface area (Å²) in [7, 11) is 0. The number of rotatable bonds is 5. The molecule has 1 aromatic carbocycles. The molecule has 0 aliphatic rings. The van der Waals surface area contributed by atoms with E-state index < -0.39 is 5.54 Å². The Balaban J connectivity index is 0.00000324. The molecule has 0 bridgehead atoms. The van der Waals surface area contributed by atoms with Crippen LogP contribution in [0.4, 0.5) is 0 Å². The van der Waals surface area contributed by atoms with Gasteiger partial charge in [0.1, 0.15) is 0 Å². The Morgan fingerprint density at radius 3 is 2.47 bits per heavy atom. The zero-order valence-electron chi connectivity index (χ0n) is 11.7. The second-order valence-electron chi connectivity index (χ2n) is 5.05. The molecule has 19 heavy (non-hydrogen) atoms. The SMILES string of the molecule is C=C(C)C(=O)OCCc1ccccc1C(C)(C)N.Cl. The second-order valence-corrected chi connectivity index (χ2v) is 5.05. The van der Waals surface area contributed by atoms with Crippen molar-refractivity contribution in [2.75, 3.05) is 6.61 Å². The third kappa shape index (κ3) is 5.45. The maximum atomic E-state index is 11.3. The van der Waals surface area contributed by atoms with E-state index in [4.69, 9.17) is 10.5 Å². The third-order valence-corrected chi connectivity index (χ3v) is 2.66. The monoisotopic (exact) mass is 283 g/mol. The maximum Gasteiger partial charge on any atom is 0.333 e. The molecule has 0 atom stereocenters. The smallest absolute Gasteiger partial charge is 0.333 e. The molecule has 4 heteroatoms. The normalized spacial score (nSPS) is 10.5. The summed E-state index contributed by atoms with van der Waals surface area (Å²) in [5, 5.41) is 0. The molecule has 0 aliphatic heterocycles. The van der Waals surface area contributed by atoms with Crippen molar-refractivity contribution in [2.24, 2.45) is 5.73 Å². The van der Waals surface area contributed by atoms with Gasteiger partial charge in [-0.25, -0.2) is 4.79 Å². The Hall–Kier alpha value is -1.32. The minimum atomic E-state index is -0.394. The quantitative estimate of drug-likeness (QED) is 0.668. The van der Waals surface area contributed by atoms with E-state index in [-0.39, 0.29) is 18.4 Å². The van der Waals surface area contributed by atoms with E-state index in [1.54, 1.807) is 6.92 Å². The Kier molecular flexibility index (Phi) is 6.81. The van der Waals surface area contributed by atoms with Gasteiger partial charge in [-0.2, -0.15) is 0 Å². The number of carbonyl (C=O) groups excluding carboxylic acids is 1. The standard InChI is InChI=1S/C15H21NO2.ClH/c1-11(2)14(17)18-10-9-12-7-5-6-8-13(12)15(3,4)16;/h5-8H,1,9-10,16H2,2-4H3;1H. The first-order valence-corrected chi connectivity index (χ1v) is 6.02. The average Bonchev–Trinajstić information content (AvgIpc) is 2.28. The summed E-state index contributed by atoms with van der Waals surface area (Å²) in [4.78, 5) is 11.3. The highest BCUT2D eigenvalue weighted by Crippen LogP contribution is 2.21. The minimum Gasteiger partial charge on any atom is -0.462 e. The van der Waals surface area contributed by atoms with Crippen LogP contribution in [0, 0.1) is 0 Å². The van der Waals surface area contributed by atoms with Crippen LogP contribution < -0.4 is 5.73 Å². The van der Waals surface area contributed by atoms with Crippen molar-refractivity contribution < 1.29 is 9.53 Å². The van der Waals surface area contributed by atoms with Crippen LogP contribution in [0.2, 0.25) is 0 Å². The Bertz CT molecular complexity index is 450. The van der Waals surface area contributed by atoms with Gasteiger partial charge in [-0.05, 0) is 31.9 Å². The van der Waals surface area contributed by atoms with Crippen LogP contribution in [0.5, 0.6) is 0 Å². The van der Waals surface area contributed by atoms with Crippen molar-refractivity contribution in [1.82, 2.24) is 0 Å². The fourth-order valence-electron chi connectivity index (χ4n) is 1.74. The third-order valence-electron chi connectivity index (χ3n) is 2.66. The zero-order valence-corrected chi connectivity index (χ0v) is 12.5. The number of hydrogen-bond acceptors (Lipinski definition) is 3. The van der Waals surface area contributed by atoms with Crippen LogP contribution >= 0.6 is 12.4 Å².